The molecule has 0 aliphatic carbocycles. The van der Waals surface area contributed by atoms with Crippen LogP contribution in [-0.4, -0.2) is 9.97 Å². The fourth-order valence-electron chi connectivity index (χ4n) is 2.48. The first-order valence-corrected chi connectivity index (χ1v) is 7.85. The first-order valence-electron chi connectivity index (χ1n) is 7.48. The zero-order valence-electron chi connectivity index (χ0n) is 13.0. The highest BCUT2D eigenvalue weighted by Crippen LogP contribution is 2.19. The van der Waals surface area contributed by atoms with E-state index in [0.717, 1.165) is 16.6 Å². The number of nitrogens with zero attached hydrogens (tertiary/aromatic N) is 2. The van der Waals surface area contributed by atoms with E-state index in [0.29, 0.717) is 22.7 Å². The van der Waals surface area contributed by atoms with E-state index in [-0.39, 0.29) is 11.6 Å². The van der Waals surface area contributed by atoms with Crippen molar-refractivity contribution in [1.82, 2.24) is 15.3 Å². The van der Waals surface area contributed by atoms with Crippen LogP contribution in [0.4, 0.5) is 0 Å². The minimum absolute atomic E-state index is 0.127. The molecule has 0 unspecified atom stereocenters. The molecule has 1 atom stereocenters. The molecule has 2 aromatic heterocycles. The number of rotatable bonds is 4. The van der Waals surface area contributed by atoms with Gasteiger partial charge < -0.3 is 10.3 Å². The molecule has 0 aliphatic rings. The van der Waals surface area contributed by atoms with E-state index in [9.17, 15) is 4.79 Å². The van der Waals surface area contributed by atoms with Crippen LogP contribution in [0.2, 0.25) is 5.02 Å². The van der Waals surface area contributed by atoms with E-state index in [1.807, 2.05) is 25.1 Å². The van der Waals surface area contributed by atoms with Gasteiger partial charge in [-0.25, -0.2) is 0 Å². The Morgan fingerprint density at radius 2 is 2.17 bits per heavy atom. The summed E-state index contributed by atoms with van der Waals surface area (Å²) < 4.78 is 0. The molecule has 2 heterocycles. The third kappa shape index (κ3) is 3.46. The molecule has 6 heteroatoms. The molecule has 120 valence electrons. The number of nitrogens with one attached hydrogen (secondary N) is 2. The Balaban J connectivity index is 1.80. The first-order chi connectivity index (χ1) is 11.6. The molecule has 24 heavy (non-hydrogen) atoms. The molecule has 3 rings (SSSR count). The zero-order chi connectivity index (χ0) is 17.1. The molecule has 3 aromatic rings. The molecular formula is C18H15ClN4O. The zero-order valence-corrected chi connectivity index (χ0v) is 13.8. The van der Waals surface area contributed by atoms with Gasteiger partial charge >= 0.3 is 0 Å². The number of aromatic amines is 1. The van der Waals surface area contributed by atoms with Crippen molar-refractivity contribution in [3.05, 3.63) is 74.8 Å². The Hall–Kier alpha value is -2.68. The van der Waals surface area contributed by atoms with Crippen molar-refractivity contribution in [1.29, 1.82) is 5.26 Å². The number of aromatic nitrogens is 2. The smallest absolute Gasteiger partial charge is 0.253 e. The summed E-state index contributed by atoms with van der Waals surface area (Å²) in [4.78, 5) is 19.4. The Morgan fingerprint density at radius 1 is 1.33 bits per heavy atom. The Kier molecular flexibility index (Phi) is 4.61. The third-order valence-electron chi connectivity index (χ3n) is 3.84. The van der Waals surface area contributed by atoms with Gasteiger partial charge in [0, 0.05) is 40.3 Å². The highest BCUT2D eigenvalue weighted by Gasteiger charge is 2.11. The Labute approximate surface area is 143 Å². The maximum Gasteiger partial charge on any atom is 0.253 e. The first kappa shape index (κ1) is 16.2. The lowest BCUT2D eigenvalue weighted by Gasteiger charge is -2.14. The standard InChI is InChI=1S/C18H15ClN4O/c1-11(21-10-15-4-2-12(8-20)9-22-15)16-7-13-6-14(19)3-5-17(13)23-18(16)24/h2-7,9,11,21H,10H2,1H3,(H,23,24)/t11-/m1/s1. The highest BCUT2D eigenvalue weighted by atomic mass is 35.5. The fraction of sp³-hybridized carbons (Fsp3) is 0.167. The molecule has 0 fully saturated rings. The van der Waals surface area contributed by atoms with Gasteiger partial charge in [0.2, 0.25) is 0 Å². The lowest BCUT2D eigenvalue weighted by molar-refractivity contribution is 0.563. The number of pyridine rings is 2. The second kappa shape index (κ2) is 6.83. The van der Waals surface area contributed by atoms with Gasteiger partial charge in [-0.15, -0.1) is 0 Å². The number of hydrogen-bond donors (Lipinski definition) is 2. The summed E-state index contributed by atoms with van der Waals surface area (Å²) in [5, 5.41) is 13.6. The van der Waals surface area contributed by atoms with E-state index < -0.39 is 0 Å². The summed E-state index contributed by atoms with van der Waals surface area (Å²) in [7, 11) is 0. The van der Waals surface area contributed by atoms with Gasteiger partial charge in [0.1, 0.15) is 6.07 Å². The summed E-state index contributed by atoms with van der Waals surface area (Å²) in [6.07, 6.45) is 1.53. The average Bonchev–Trinajstić information content (AvgIpc) is 2.60. The number of fused-ring (bicyclic) bond motifs is 1. The van der Waals surface area contributed by atoms with Gasteiger partial charge in [0.25, 0.3) is 5.56 Å². The summed E-state index contributed by atoms with van der Waals surface area (Å²) in [6, 6.07) is 12.6. The van der Waals surface area contributed by atoms with Crippen LogP contribution in [0.15, 0.2) is 47.4 Å². The number of hydrogen-bond acceptors (Lipinski definition) is 4. The van der Waals surface area contributed by atoms with Crippen LogP contribution in [0.25, 0.3) is 10.9 Å². The van der Waals surface area contributed by atoms with Gasteiger partial charge in [0.05, 0.1) is 11.3 Å². The maximum absolute atomic E-state index is 12.3. The summed E-state index contributed by atoms with van der Waals surface area (Å²) in [5.74, 6) is 0. The molecule has 0 bridgehead atoms. The van der Waals surface area contributed by atoms with Crippen molar-refractivity contribution >= 4 is 22.5 Å². The molecular weight excluding hydrogens is 324 g/mol. The number of nitriles is 1. The summed E-state index contributed by atoms with van der Waals surface area (Å²) in [5.41, 5.74) is 2.60. The van der Waals surface area contributed by atoms with Gasteiger partial charge in [-0.1, -0.05) is 11.6 Å². The Bertz CT molecular complexity index is 973. The van der Waals surface area contributed by atoms with Crippen molar-refractivity contribution in [3.8, 4) is 6.07 Å². The van der Waals surface area contributed by atoms with Crippen molar-refractivity contribution in [3.63, 3.8) is 0 Å². The highest BCUT2D eigenvalue weighted by molar-refractivity contribution is 6.31. The molecule has 0 saturated heterocycles. The normalized spacial score (nSPS) is 12.0. The molecule has 0 saturated carbocycles. The van der Waals surface area contributed by atoms with Gasteiger partial charge in [-0.3, -0.25) is 9.78 Å². The second-order valence-electron chi connectivity index (χ2n) is 5.54. The predicted molar refractivity (Wildman–Crippen MR) is 93.8 cm³/mol. The van der Waals surface area contributed by atoms with Crippen LogP contribution in [0.5, 0.6) is 0 Å². The van der Waals surface area contributed by atoms with Crippen molar-refractivity contribution < 1.29 is 0 Å². The van der Waals surface area contributed by atoms with Crippen LogP contribution in [0.3, 0.4) is 0 Å². The summed E-state index contributed by atoms with van der Waals surface area (Å²) >= 11 is 6.02. The van der Waals surface area contributed by atoms with Crippen LogP contribution >= 0.6 is 11.6 Å². The number of H-pyrrole nitrogens is 1. The van der Waals surface area contributed by atoms with Crippen molar-refractivity contribution in [2.75, 3.05) is 0 Å². The fourth-order valence-corrected chi connectivity index (χ4v) is 2.66. The SMILES string of the molecule is C[C@@H](NCc1ccc(C#N)cn1)c1cc2cc(Cl)ccc2[nH]c1=O. The van der Waals surface area contributed by atoms with Crippen LogP contribution in [-0.2, 0) is 6.54 Å². The van der Waals surface area contributed by atoms with Crippen LogP contribution in [0, 0.1) is 11.3 Å². The molecule has 0 radical (unpaired) electrons. The Morgan fingerprint density at radius 3 is 2.88 bits per heavy atom. The third-order valence-corrected chi connectivity index (χ3v) is 4.08. The van der Waals surface area contributed by atoms with E-state index in [1.165, 1.54) is 6.20 Å². The minimum atomic E-state index is -0.158. The van der Waals surface area contributed by atoms with E-state index in [2.05, 4.69) is 15.3 Å². The lowest BCUT2D eigenvalue weighted by Crippen LogP contribution is -2.25. The van der Waals surface area contributed by atoms with Crippen LogP contribution in [0.1, 0.15) is 29.8 Å². The van der Waals surface area contributed by atoms with Crippen molar-refractivity contribution in [2.24, 2.45) is 0 Å². The van der Waals surface area contributed by atoms with E-state index >= 15 is 0 Å². The summed E-state index contributed by atoms with van der Waals surface area (Å²) in [6.45, 7) is 2.42. The average molecular weight is 339 g/mol. The second-order valence-corrected chi connectivity index (χ2v) is 5.97. The maximum atomic E-state index is 12.3. The lowest BCUT2D eigenvalue weighted by atomic mass is 10.1. The van der Waals surface area contributed by atoms with E-state index in [1.54, 1.807) is 24.3 Å². The molecule has 0 spiro atoms. The number of benzene rings is 1. The quantitative estimate of drug-likeness (QED) is 0.764. The molecule has 0 amide bonds. The van der Waals surface area contributed by atoms with E-state index in [4.69, 9.17) is 16.9 Å². The molecule has 5 nitrogen and oxygen atoms in total. The van der Waals surface area contributed by atoms with Gasteiger partial charge in [-0.2, -0.15) is 5.26 Å². The minimum Gasteiger partial charge on any atom is -0.322 e. The monoisotopic (exact) mass is 338 g/mol. The molecule has 0 aliphatic heterocycles. The number of halogens is 1. The topological polar surface area (TPSA) is 81.6 Å². The largest absolute Gasteiger partial charge is 0.322 e. The molecule has 2 N–H and O–H groups in total. The van der Waals surface area contributed by atoms with Gasteiger partial charge in [0.15, 0.2) is 0 Å². The van der Waals surface area contributed by atoms with Crippen molar-refractivity contribution in [2.45, 2.75) is 19.5 Å². The molecule has 1 aromatic carbocycles. The predicted octanol–water partition coefficient (Wildman–Crippen LogP) is 3.30. The van der Waals surface area contributed by atoms with Gasteiger partial charge in [-0.05, 0) is 43.3 Å². The van der Waals surface area contributed by atoms with Crippen LogP contribution < -0.4 is 10.9 Å².